The van der Waals surface area contributed by atoms with Crippen LogP contribution in [0.2, 0.25) is 0 Å². The van der Waals surface area contributed by atoms with E-state index in [1.807, 2.05) is 0 Å². The predicted molar refractivity (Wildman–Crippen MR) is 51.3 cm³/mol. The Bertz CT molecular complexity index is 362. The van der Waals surface area contributed by atoms with E-state index in [0.29, 0.717) is 24.5 Å². The largest absolute Gasteiger partial charge is 0.486 e. The molecule has 0 spiro atoms. The highest BCUT2D eigenvalue weighted by Gasteiger charge is 2.13. The van der Waals surface area contributed by atoms with Crippen LogP contribution in [0.15, 0.2) is 18.2 Å². The summed E-state index contributed by atoms with van der Waals surface area (Å²) in [6.07, 6.45) is 0. The number of benzene rings is 1. The third-order valence-electron chi connectivity index (χ3n) is 2.01. The van der Waals surface area contributed by atoms with E-state index in [2.05, 4.69) is 0 Å². The molecule has 1 aliphatic rings. The Morgan fingerprint density at radius 1 is 1.29 bits per heavy atom. The molecule has 1 N–H and O–H groups in total. The van der Waals surface area contributed by atoms with Gasteiger partial charge < -0.3 is 14.2 Å². The fourth-order valence-electron chi connectivity index (χ4n) is 1.30. The Hall–Kier alpha value is -1.71. The average molecular weight is 193 g/mol. The molecular formula is C10H11NO3. The van der Waals surface area contributed by atoms with Crippen molar-refractivity contribution in [2.24, 2.45) is 0 Å². The molecule has 0 radical (unpaired) electrons. The number of rotatable bonds is 1. The zero-order valence-corrected chi connectivity index (χ0v) is 7.87. The first-order valence-corrected chi connectivity index (χ1v) is 4.34. The summed E-state index contributed by atoms with van der Waals surface area (Å²) in [6.45, 7) is 1.13. The molecule has 4 heteroatoms. The van der Waals surface area contributed by atoms with Crippen molar-refractivity contribution >= 4 is 5.90 Å². The SMILES string of the molecule is COC(=N)c1ccc2c(c1)OCCO2. The van der Waals surface area contributed by atoms with E-state index in [9.17, 15) is 0 Å². The minimum atomic E-state index is 0.127. The van der Waals surface area contributed by atoms with Crippen molar-refractivity contribution in [1.29, 1.82) is 5.41 Å². The maximum Gasteiger partial charge on any atom is 0.213 e. The molecular weight excluding hydrogens is 182 g/mol. The standard InChI is InChI=1S/C10H11NO3/c1-12-10(11)7-2-3-8-9(6-7)14-5-4-13-8/h2-3,6,11H,4-5H2,1H3. The molecule has 74 valence electrons. The van der Waals surface area contributed by atoms with Crippen LogP contribution in [0.5, 0.6) is 11.5 Å². The van der Waals surface area contributed by atoms with Crippen molar-refractivity contribution in [2.75, 3.05) is 20.3 Å². The first kappa shape index (κ1) is 8.87. The lowest BCUT2D eigenvalue weighted by Crippen LogP contribution is -2.15. The quantitative estimate of drug-likeness (QED) is 0.542. The lowest BCUT2D eigenvalue weighted by Gasteiger charge is -2.18. The summed E-state index contributed by atoms with van der Waals surface area (Å²) in [4.78, 5) is 0. The summed E-state index contributed by atoms with van der Waals surface area (Å²) in [7, 11) is 1.47. The molecule has 0 bridgehead atoms. The second-order valence-electron chi connectivity index (χ2n) is 2.89. The minimum Gasteiger partial charge on any atom is -0.486 e. The van der Waals surface area contributed by atoms with Gasteiger partial charge in [-0.3, -0.25) is 5.41 Å². The Balaban J connectivity index is 2.33. The molecule has 0 unspecified atom stereocenters. The third-order valence-corrected chi connectivity index (χ3v) is 2.01. The second kappa shape index (κ2) is 3.57. The Kier molecular flexibility index (Phi) is 2.26. The van der Waals surface area contributed by atoms with Crippen LogP contribution >= 0.6 is 0 Å². The lowest BCUT2D eigenvalue weighted by molar-refractivity contribution is 0.171. The van der Waals surface area contributed by atoms with Crippen molar-refractivity contribution in [3.8, 4) is 11.5 Å². The van der Waals surface area contributed by atoms with Gasteiger partial charge in [-0.05, 0) is 18.2 Å². The van der Waals surface area contributed by atoms with Gasteiger partial charge in [0, 0.05) is 5.56 Å². The predicted octanol–water partition coefficient (Wildman–Crippen LogP) is 1.43. The van der Waals surface area contributed by atoms with Crippen LogP contribution in [0, 0.1) is 5.41 Å². The Labute approximate surface area is 81.9 Å². The van der Waals surface area contributed by atoms with Gasteiger partial charge in [0.1, 0.15) is 13.2 Å². The molecule has 1 aliphatic heterocycles. The topological polar surface area (TPSA) is 51.5 Å². The fraction of sp³-hybridized carbons (Fsp3) is 0.300. The molecule has 0 fully saturated rings. The van der Waals surface area contributed by atoms with Crippen molar-refractivity contribution in [2.45, 2.75) is 0 Å². The van der Waals surface area contributed by atoms with Gasteiger partial charge in [0.05, 0.1) is 7.11 Å². The van der Waals surface area contributed by atoms with E-state index in [0.717, 1.165) is 5.75 Å². The van der Waals surface area contributed by atoms with Gasteiger partial charge in [-0.25, -0.2) is 0 Å². The van der Waals surface area contributed by atoms with E-state index >= 15 is 0 Å². The number of hydrogen-bond acceptors (Lipinski definition) is 4. The maximum absolute atomic E-state index is 7.48. The number of ether oxygens (including phenoxy) is 3. The summed E-state index contributed by atoms with van der Waals surface area (Å²) in [5, 5.41) is 7.48. The van der Waals surface area contributed by atoms with Gasteiger partial charge in [-0.15, -0.1) is 0 Å². The molecule has 0 saturated carbocycles. The monoisotopic (exact) mass is 193 g/mol. The number of nitrogens with one attached hydrogen (secondary N) is 1. The molecule has 2 rings (SSSR count). The fourth-order valence-corrected chi connectivity index (χ4v) is 1.30. The number of hydrogen-bond donors (Lipinski definition) is 1. The highest BCUT2D eigenvalue weighted by molar-refractivity contribution is 5.92. The van der Waals surface area contributed by atoms with Crippen molar-refractivity contribution in [3.63, 3.8) is 0 Å². The highest BCUT2D eigenvalue weighted by atomic mass is 16.6. The van der Waals surface area contributed by atoms with Crippen molar-refractivity contribution in [3.05, 3.63) is 23.8 Å². The van der Waals surface area contributed by atoms with Crippen molar-refractivity contribution < 1.29 is 14.2 Å². The molecule has 0 aliphatic carbocycles. The second-order valence-corrected chi connectivity index (χ2v) is 2.89. The number of methoxy groups -OCH3 is 1. The van der Waals surface area contributed by atoms with Crippen LogP contribution in [-0.4, -0.2) is 26.2 Å². The van der Waals surface area contributed by atoms with E-state index in [4.69, 9.17) is 19.6 Å². The third kappa shape index (κ3) is 1.51. The van der Waals surface area contributed by atoms with Crippen LogP contribution in [0.4, 0.5) is 0 Å². The molecule has 4 nitrogen and oxygen atoms in total. The Morgan fingerprint density at radius 3 is 2.71 bits per heavy atom. The van der Waals surface area contributed by atoms with Crippen LogP contribution in [0.3, 0.4) is 0 Å². The smallest absolute Gasteiger partial charge is 0.213 e. The molecule has 0 amide bonds. The van der Waals surface area contributed by atoms with Gasteiger partial charge in [0.2, 0.25) is 5.90 Å². The zero-order chi connectivity index (χ0) is 9.97. The molecule has 1 aromatic carbocycles. The Morgan fingerprint density at radius 2 is 2.00 bits per heavy atom. The summed E-state index contributed by atoms with van der Waals surface area (Å²) in [5.41, 5.74) is 0.691. The first-order valence-electron chi connectivity index (χ1n) is 4.34. The molecule has 0 atom stereocenters. The van der Waals surface area contributed by atoms with Gasteiger partial charge in [-0.2, -0.15) is 0 Å². The van der Waals surface area contributed by atoms with Gasteiger partial charge in [0.15, 0.2) is 11.5 Å². The first-order chi connectivity index (χ1) is 6.81. The molecule has 1 aromatic rings. The minimum absolute atomic E-state index is 0.127. The van der Waals surface area contributed by atoms with E-state index in [1.54, 1.807) is 18.2 Å². The number of fused-ring (bicyclic) bond motifs is 1. The van der Waals surface area contributed by atoms with Crippen LogP contribution < -0.4 is 9.47 Å². The van der Waals surface area contributed by atoms with Crippen LogP contribution in [0.1, 0.15) is 5.56 Å². The maximum atomic E-state index is 7.48. The van der Waals surface area contributed by atoms with Crippen LogP contribution in [0.25, 0.3) is 0 Å². The van der Waals surface area contributed by atoms with E-state index < -0.39 is 0 Å². The molecule has 0 saturated heterocycles. The normalized spacial score (nSPS) is 13.5. The summed E-state index contributed by atoms with van der Waals surface area (Å²) < 4.78 is 15.6. The van der Waals surface area contributed by atoms with Gasteiger partial charge >= 0.3 is 0 Å². The zero-order valence-electron chi connectivity index (χ0n) is 7.87. The van der Waals surface area contributed by atoms with E-state index in [-0.39, 0.29) is 5.90 Å². The molecule has 1 heterocycles. The van der Waals surface area contributed by atoms with Gasteiger partial charge in [-0.1, -0.05) is 0 Å². The summed E-state index contributed by atoms with van der Waals surface area (Å²) in [6, 6.07) is 5.32. The van der Waals surface area contributed by atoms with Gasteiger partial charge in [0.25, 0.3) is 0 Å². The van der Waals surface area contributed by atoms with E-state index in [1.165, 1.54) is 7.11 Å². The molecule has 0 aromatic heterocycles. The lowest BCUT2D eigenvalue weighted by atomic mass is 10.2. The average Bonchev–Trinajstić information content (AvgIpc) is 2.27. The van der Waals surface area contributed by atoms with Crippen LogP contribution in [-0.2, 0) is 4.74 Å². The van der Waals surface area contributed by atoms with Crippen molar-refractivity contribution in [1.82, 2.24) is 0 Å². The summed E-state index contributed by atoms with van der Waals surface area (Å²) >= 11 is 0. The highest BCUT2D eigenvalue weighted by Crippen LogP contribution is 2.30. The molecule has 14 heavy (non-hydrogen) atoms. The summed E-state index contributed by atoms with van der Waals surface area (Å²) in [5.74, 6) is 1.53.